The van der Waals surface area contributed by atoms with E-state index in [0.717, 1.165) is 5.56 Å². The number of para-hydroxylation sites is 1. The Kier molecular flexibility index (Phi) is 4.26. The molecule has 0 radical (unpaired) electrons. The summed E-state index contributed by atoms with van der Waals surface area (Å²) in [4.78, 5) is 1.23. The number of halogens is 2. The fraction of sp³-hybridized carbons (Fsp3) is 0.308. The van der Waals surface area contributed by atoms with Crippen LogP contribution in [-0.4, -0.2) is 31.0 Å². The predicted molar refractivity (Wildman–Crippen MR) is 74.9 cm³/mol. The average molecular weight is 315 g/mol. The highest BCUT2D eigenvalue weighted by atomic mass is 32.2. The third-order valence-corrected chi connectivity index (χ3v) is 4.42. The smallest absolute Gasteiger partial charge is 0.341 e. The Labute approximate surface area is 121 Å². The first kappa shape index (κ1) is 15.4. The zero-order valence-electron chi connectivity index (χ0n) is 11.6. The summed E-state index contributed by atoms with van der Waals surface area (Å²) in [5, 5.41) is 4.01. The number of alkyl halides is 2. The van der Waals surface area contributed by atoms with E-state index in [1.165, 1.54) is 18.2 Å². The molecule has 21 heavy (non-hydrogen) atoms. The van der Waals surface area contributed by atoms with Gasteiger partial charge in [-0.15, -0.1) is 0 Å². The Hall–Kier alpha value is -1.96. The molecule has 1 aromatic carbocycles. The molecule has 0 spiro atoms. The second-order valence-electron chi connectivity index (χ2n) is 4.65. The van der Waals surface area contributed by atoms with Crippen molar-refractivity contribution in [1.29, 1.82) is 0 Å². The lowest BCUT2D eigenvalue weighted by molar-refractivity contribution is 0.235. The molecular weight excluding hydrogens is 300 g/mol. The van der Waals surface area contributed by atoms with E-state index in [4.69, 9.17) is 0 Å². The van der Waals surface area contributed by atoms with E-state index < -0.39 is 15.6 Å². The standard InChI is InChI=1S/C13H15F2N3O2S/c1-17(8-10-7-16-18(2)9-10)11-5-3-4-6-12(11)21(19,20)13(14)15/h3-7,9,13H,8H2,1-2H3. The first-order chi connectivity index (χ1) is 9.82. The highest BCUT2D eigenvalue weighted by Crippen LogP contribution is 2.29. The average Bonchev–Trinajstić information content (AvgIpc) is 2.83. The number of aryl methyl sites for hydroxylation is 1. The molecule has 1 aromatic heterocycles. The zero-order chi connectivity index (χ0) is 15.6. The van der Waals surface area contributed by atoms with Crippen LogP contribution in [0, 0.1) is 0 Å². The Morgan fingerprint density at radius 1 is 1.33 bits per heavy atom. The fourth-order valence-electron chi connectivity index (χ4n) is 2.02. The Balaban J connectivity index is 2.36. The van der Waals surface area contributed by atoms with Crippen LogP contribution in [0.1, 0.15) is 5.56 Å². The molecular formula is C13H15F2N3O2S. The van der Waals surface area contributed by atoms with Gasteiger partial charge in [0.15, 0.2) is 0 Å². The summed E-state index contributed by atoms with van der Waals surface area (Å²) in [6.45, 7) is 0.365. The highest BCUT2D eigenvalue weighted by Gasteiger charge is 2.29. The number of rotatable bonds is 5. The number of hydrogen-bond acceptors (Lipinski definition) is 4. The summed E-state index contributed by atoms with van der Waals surface area (Å²) in [5.74, 6) is -3.44. The third kappa shape index (κ3) is 3.21. The second kappa shape index (κ2) is 5.80. The van der Waals surface area contributed by atoms with Gasteiger partial charge in [-0.25, -0.2) is 8.42 Å². The minimum atomic E-state index is -4.64. The van der Waals surface area contributed by atoms with Crippen molar-refractivity contribution in [3.8, 4) is 0 Å². The molecule has 0 aliphatic carbocycles. The molecule has 1 heterocycles. The largest absolute Gasteiger partial charge is 0.369 e. The minimum Gasteiger partial charge on any atom is -0.369 e. The molecule has 0 saturated carbocycles. The lowest BCUT2D eigenvalue weighted by atomic mass is 10.2. The van der Waals surface area contributed by atoms with Crippen LogP contribution in [0.5, 0.6) is 0 Å². The van der Waals surface area contributed by atoms with E-state index in [1.807, 2.05) is 0 Å². The summed E-state index contributed by atoms with van der Waals surface area (Å²) < 4.78 is 50.6. The highest BCUT2D eigenvalue weighted by molar-refractivity contribution is 7.91. The number of aromatic nitrogens is 2. The van der Waals surface area contributed by atoms with Crippen molar-refractivity contribution in [2.45, 2.75) is 17.2 Å². The first-order valence-electron chi connectivity index (χ1n) is 6.12. The van der Waals surface area contributed by atoms with Crippen LogP contribution < -0.4 is 4.90 Å². The maximum atomic E-state index is 12.8. The first-order valence-corrected chi connectivity index (χ1v) is 7.66. The van der Waals surface area contributed by atoms with Crippen molar-refractivity contribution in [3.05, 3.63) is 42.2 Å². The van der Waals surface area contributed by atoms with Crippen molar-refractivity contribution in [3.63, 3.8) is 0 Å². The molecule has 0 atom stereocenters. The molecule has 2 rings (SSSR count). The van der Waals surface area contributed by atoms with Crippen LogP contribution in [0.4, 0.5) is 14.5 Å². The quantitative estimate of drug-likeness (QED) is 0.847. The molecule has 5 nitrogen and oxygen atoms in total. The maximum Gasteiger partial charge on any atom is 0.341 e. The molecule has 0 fully saturated rings. The topological polar surface area (TPSA) is 55.2 Å². The van der Waals surface area contributed by atoms with E-state index in [-0.39, 0.29) is 10.6 Å². The van der Waals surface area contributed by atoms with Crippen LogP contribution in [0.3, 0.4) is 0 Å². The predicted octanol–water partition coefficient (Wildman–Crippen LogP) is 2.05. The molecule has 114 valence electrons. The Morgan fingerprint density at radius 2 is 2.00 bits per heavy atom. The molecule has 0 amide bonds. The van der Waals surface area contributed by atoms with Gasteiger partial charge in [0.25, 0.3) is 0 Å². The van der Waals surface area contributed by atoms with Gasteiger partial charge in [-0.1, -0.05) is 12.1 Å². The zero-order valence-corrected chi connectivity index (χ0v) is 12.4. The molecule has 0 aliphatic rings. The van der Waals surface area contributed by atoms with Gasteiger partial charge in [0, 0.05) is 32.4 Å². The van der Waals surface area contributed by atoms with Crippen molar-refractivity contribution >= 4 is 15.5 Å². The molecule has 0 saturated heterocycles. The summed E-state index contributed by atoms with van der Waals surface area (Å²) in [5.41, 5.74) is 1.09. The van der Waals surface area contributed by atoms with Gasteiger partial charge in [-0.05, 0) is 12.1 Å². The van der Waals surface area contributed by atoms with Crippen molar-refractivity contribution in [2.24, 2.45) is 7.05 Å². The van der Waals surface area contributed by atoms with Crippen molar-refractivity contribution in [2.75, 3.05) is 11.9 Å². The van der Waals surface area contributed by atoms with Crippen molar-refractivity contribution in [1.82, 2.24) is 9.78 Å². The fourth-order valence-corrected chi connectivity index (χ4v) is 3.00. The van der Waals surface area contributed by atoms with Gasteiger partial charge in [-0.3, -0.25) is 4.68 Å². The molecule has 8 heteroatoms. The Bertz CT molecular complexity index is 729. The van der Waals surface area contributed by atoms with Gasteiger partial charge in [0.05, 0.1) is 16.8 Å². The summed E-state index contributed by atoms with van der Waals surface area (Å²) >= 11 is 0. The number of hydrogen-bond donors (Lipinski definition) is 0. The number of anilines is 1. The minimum absolute atomic E-state index is 0.238. The van der Waals surface area contributed by atoms with Crippen LogP contribution in [-0.2, 0) is 23.4 Å². The van der Waals surface area contributed by atoms with Crippen LogP contribution in [0.2, 0.25) is 0 Å². The third-order valence-electron chi connectivity index (χ3n) is 3.00. The normalized spacial score (nSPS) is 11.9. The summed E-state index contributed by atoms with van der Waals surface area (Å²) in [7, 11) is -1.23. The van der Waals surface area contributed by atoms with E-state index in [9.17, 15) is 17.2 Å². The van der Waals surface area contributed by atoms with E-state index in [0.29, 0.717) is 6.54 Å². The van der Waals surface area contributed by atoms with Crippen LogP contribution in [0.15, 0.2) is 41.6 Å². The van der Waals surface area contributed by atoms with E-state index in [1.54, 1.807) is 42.1 Å². The van der Waals surface area contributed by atoms with Gasteiger partial charge in [0.2, 0.25) is 9.84 Å². The van der Waals surface area contributed by atoms with Gasteiger partial charge in [0.1, 0.15) is 0 Å². The van der Waals surface area contributed by atoms with E-state index >= 15 is 0 Å². The molecule has 2 aromatic rings. The maximum absolute atomic E-state index is 12.8. The van der Waals surface area contributed by atoms with Gasteiger partial charge in [-0.2, -0.15) is 13.9 Å². The molecule has 0 unspecified atom stereocenters. The second-order valence-corrected chi connectivity index (χ2v) is 6.54. The molecule has 0 aliphatic heterocycles. The number of benzene rings is 1. The van der Waals surface area contributed by atoms with Gasteiger partial charge >= 0.3 is 5.76 Å². The molecule has 0 bridgehead atoms. The summed E-state index contributed by atoms with van der Waals surface area (Å²) in [6, 6.07) is 5.73. The van der Waals surface area contributed by atoms with Crippen LogP contribution in [0.25, 0.3) is 0 Å². The number of sulfone groups is 1. The SMILES string of the molecule is CN(Cc1cnn(C)c1)c1ccccc1S(=O)(=O)C(F)F. The van der Waals surface area contributed by atoms with E-state index in [2.05, 4.69) is 5.10 Å². The lowest BCUT2D eigenvalue weighted by Gasteiger charge is -2.21. The van der Waals surface area contributed by atoms with Crippen molar-refractivity contribution < 1.29 is 17.2 Å². The monoisotopic (exact) mass is 315 g/mol. The number of nitrogens with zero attached hydrogens (tertiary/aromatic N) is 3. The van der Waals surface area contributed by atoms with Gasteiger partial charge < -0.3 is 4.90 Å². The lowest BCUT2D eigenvalue weighted by Crippen LogP contribution is -2.21. The molecule has 0 N–H and O–H groups in total. The Morgan fingerprint density at radius 3 is 2.57 bits per heavy atom. The van der Waals surface area contributed by atoms with Crippen LogP contribution >= 0.6 is 0 Å². The summed E-state index contributed by atoms with van der Waals surface area (Å²) in [6.07, 6.45) is 3.42.